The maximum atomic E-state index is 12.8. The summed E-state index contributed by atoms with van der Waals surface area (Å²) in [4.78, 5) is 30.6. The summed E-state index contributed by atoms with van der Waals surface area (Å²) < 4.78 is 6.93. The summed E-state index contributed by atoms with van der Waals surface area (Å²) in [5.41, 5.74) is 4.04. The average Bonchev–Trinajstić information content (AvgIpc) is 3.24. The standard InChI is InChI=1S/C20H20N4O3/c1-3-23-17-8-7-13(2)11-16(17)21-19(23)22-18(25)14-5-4-6-15(12-14)24-9-10-27-20(24)26/h4-8,11-12H,3,9-10H2,1-2H3,(H,21,22,25). The second kappa shape index (κ2) is 6.75. The number of rotatable bonds is 4. The Labute approximate surface area is 156 Å². The number of nitrogens with one attached hydrogen (secondary N) is 1. The highest BCUT2D eigenvalue weighted by Crippen LogP contribution is 2.23. The van der Waals surface area contributed by atoms with Crippen LogP contribution in [0.3, 0.4) is 0 Å². The summed E-state index contributed by atoms with van der Waals surface area (Å²) in [5, 5.41) is 2.89. The fourth-order valence-corrected chi connectivity index (χ4v) is 3.27. The lowest BCUT2D eigenvalue weighted by Gasteiger charge is -2.14. The molecule has 0 atom stereocenters. The van der Waals surface area contributed by atoms with Crippen LogP contribution in [0.15, 0.2) is 42.5 Å². The molecule has 2 amide bonds. The Kier molecular flexibility index (Phi) is 4.27. The predicted octanol–water partition coefficient (Wildman–Crippen LogP) is 3.57. The van der Waals surface area contributed by atoms with Gasteiger partial charge in [-0.1, -0.05) is 12.1 Å². The first kappa shape index (κ1) is 17.1. The Morgan fingerprint density at radius 3 is 2.85 bits per heavy atom. The van der Waals surface area contributed by atoms with Crippen LogP contribution in [0.5, 0.6) is 0 Å². The highest BCUT2D eigenvalue weighted by molar-refractivity contribution is 6.05. The zero-order valence-electron chi connectivity index (χ0n) is 15.2. The topological polar surface area (TPSA) is 76.5 Å². The van der Waals surface area contributed by atoms with Crippen molar-refractivity contribution in [1.82, 2.24) is 9.55 Å². The SMILES string of the molecule is CCn1c(NC(=O)c2cccc(N3CCOC3=O)c2)nc2cc(C)ccc21. The third kappa shape index (κ3) is 3.12. The van der Waals surface area contributed by atoms with Gasteiger partial charge in [0.15, 0.2) is 0 Å². The third-order valence-electron chi connectivity index (χ3n) is 4.63. The minimum absolute atomic E-state index is 0.272. The molecule has 1 N–H and O–H groups in total. The normalized spacial score (nSPS) is 13.9. The molecule has 138 valence electrons. The molecule has 1 aliphatic heterocycles. The number of aryl methyl sites for hydroxylation is 2. The van der Waals surface area contributed by atoms with E-state index >= 15 is 0 Å². The van der Waals surface area contributed by atoms with Gasteiger partial charge < -0.3 is 9.30 Å². The molecular formula is C20H20N4O3. The number of ether oxygens (including phenoxy) is 1. The first-order chi connectivity index (χ1) is 13.1. The number of carbonyl (C=O) groups is 2. The van der Waals surface area contributed by atoms with Crippen molar-refractivity contribution < 1.29 is 14.3 Å². The number of anilines is 2. The molecule has 27 heavy (non-hydrogen) atoms. The summed E-state index contributed by atoms with van der Waals surface area (Å²) >= 11 is 0. The van der Waals surface area contributed by atoms with Gasteiger partial charge in [-0.2, -0.15) is 0 Å². The Hall–Kier alpha value is -3.35. The number of hydrogen-bond donors (Lipinski definition) is 1. The first-order valence-corrected chi connectivity index (χ1v) is 8.89. The molecule has 2 heterocycles. The summed E-state index contributed by atoms with van der Waals surface area (Å²) in [6.07, 6.45) is -0.393. The van der Waals surface area contributed by atoms with Crippen molar-refractivity contribution in [3.8, 4) is 0 Å². The van der Waals surface area contributed by atoms with Gasteiger partial charge in [-0.05, 0) is 49.7 Å². The number of amides is 2. The Bertz CT molecular complexity index is 1040. The van der Waals surface area contributed by atoms with Crippen molar-refractivity contribution in [1.29, 1.82) is 0 Å². The molecule has 7 heteroatoms. The van der Waals surface area contributed by atoms with E-state index in [0.717, 1.165) is 16.6 Å². The van der Waals surface area contributed by atoms with Gasteiger partial charge in [0.2, 0.25) is 5.95 Å². The zero-order chi connectivity index (χ0) is 19.0. The van der Waals surface area contributed by atoms with Gasteiger partial charge in [-0.3, -0.25) is 15.0 Å². The second-order valence-corrected chi connectivity index (χ2v) is 6.44. The van der Waals surface area contributed by atoms with Crippen molar-refractivity contribution in [2.45, 2.75) is 20.4 Å². The average molecular weight is 364 g/mol. The molecule has 3 aromatic rings. The molecule has 0 spiro atoms. The quantitative estimate of drug-likeness (QED) is 0.768. The van der Waals surface area contributed by atoms with Gasteiger partial charge >= 0.3 is 6.09 Å². The van der Waals surface area contributed by atoms with Crippen LogP contribution >= 0.6 is 0 Å². The van der Waals surface area contributed by atoms with E-state index in [1.165, 1.54) is 4.90 Å². The van der Waals surface area contributed by atoms with Crippen LogP contribution in [0.4, 0.5) is 16.4 Å². The van der Waals surface area contributed by atoms with Gasteiger partial charge in [0, 0.05) is 17.8 Å². The molecule has 0 aliphatic carbocycles. The largest absolute Gasteiger partial charge is 0.447 e. The molecule has 1 fully saturated rings. The molecule has 7 nitrogen and oxygen atoms in total. The van der Waals surface area contributed by atoms with Crippen LogP contribution in [0.1, 0.15) is 22.8 Å². The molecule has 4 rings (SSSR count). The van der Waals surface area contributed by atoms with Gasteiger partial charge in [0.25, 0.3) is 5.91 Å². The van der Waals surface area contributed by atoms with Crippen molar-refractivity contribution in [2.24, 2.45) is 0 Å². The van der Waals surface area contributed by atoms with Crippen molar-refractivity contribution in [2.75, 3.05) is 23.4 Å². The molecular weight excluding hydrogens is 344 g/mol. The lowest BCUT2D eigenvalue weighted by atomic mass is 10.2. The highest BCUT2D eigenvalue weighted by atomic mass is 16.6. The third-order valence-corrected chi connectivity index (χ3v) is 4.63. The van der Waals surface area contributed by atoms with Crippen LogP contribution in [0.2, 0.25) is 0 Å². The van der Waals surface area contributed by atoms with E-state index in [1.807, 2.05) is 36.6 Å². The summed E-state index contributed by atoms with van der Waals surface area (Å²) in [5.74, 6) is 0.236. The molecule has 0 unspecified atom stereocenters. The maximum Gasteiger partial charge on any atom is 0.414 e. The fraction of sp³-hybridized carbons (Fsp3) is 0.250. The smallest absolute Gasteiger partial charge is 0.414 e. The minimum Gasteiger partial charge on any atom is -0.447 e. The zero-order valence-corrected chi connectivity index (χ0v) is 15.2. The van der Waals surface area contributed by atoms with Gasteiger partial charge in [0.05, 0.1) is 17.6 Å². The molecule has 1 aliphatic rings. The van der Waals surface area contributed by atoms with E-state index < -0.39 is 6.09 Å². The molecule has 0 radical (unpaired) electrons. The van der Waals surface area contributed by atoms with E-state index in [9.17, 15) is 9.59 Å². The molecule has 1 saturated heterocycles. The number of cyclic esters (lactones) is 1. The van der Waals surface area contributed by atoms with Crippen molar-refractivity contribution >= 4 is 34.7 Å². The fourth-order valence-electron chi connectivity index (χ4n) is 3.27. The Morgan fingerprint density at radius 2 is 2.11 bits per heavy atom. The number of benzene rings is 2. The lowest BCUT2D eigenvalue weighted by molar-refractivity contribution is 0.102. The first-order valence-electron chi connectivity index (χ1n) is 8.89. The number of imidazole rings is 1. The minimum atomic E-state index is -0.393. The summed E-state index contributed by atoms with van der Waals surface area (Å²) in [6, 6.07) is 13.0. The van der Waals surface area contributed by atoms with Crippen LogP contribution < -0.4 is 10.2 Å². The van der Waals surface area contributed by atoms with E-state index in [1.54, 1.807) is 24.3 Å². The molecule has 2 aromatic carbocycles. The van der Waals surface area contributed by atoms with Crippen LogP contribution in [-0.2, 0) is 11.3 Å². The second-order valence-electron chi connectivity index (χ2n) is 6.44. The molecule has 1 aromatic heterocycles. The van der Waals surface area contributed by atoms with E-state index in [0.29, 0.717) is 36.9 Å². The number of carbonyl (C=O) groups excluding carboxylic acids is 2. The van der Waals surface area contributed by atoms with Gasteiger partial charge in [0.1, 0.15) is 6.61 Å². The van der Waals surface area contributed by atoms with Crippen molar-refractivity contribution in [3.63, 3.8) is 0 Å². The van der Waals surface area contributed by atoms with Crippen LogP contribution in [0.25, 0.3) is 11.0 Å². The lowest BCUT2D eigenvalue weighted by Crippen LogP contribution is -2.24. The van der Waals surface area contributed by atoms with E-state index in [2.05, 4.69) is 10.3 Å². The van der Waals surface area contributed by atoms with E-state index in [-0.39, 0.29) is 5.91 Å². The van der Waals surface area contributed by atoms with Gasteiger partial charge in [-0.15, -0.1) is 0 Å². The number of aromatic nitrogens is 2. The highest BCUT2D eigenvalue weighted by Gasteiger charge is 2.24. The number of fused-ring (bicyclic) bond motifs is 1. The molecule has 0 bridgehead atoms. The maximum absolute atomic E-state index is 12.8. The van der Waals surface area contributed by atoms with Gasteiger partial charge in [-0.25, -0.2) is 9.78 Å². The number of nitrogens with zero attached hydrogens (tertiary/aromatic N) is 3. The van der Waals surface area contributed by atoms with Crippen molar-refractivity contribution in [3.05, 3.63) is 53.6 Å². The Balaban J connectivity index is 1.63. The Morgan fingerprint density at radius 1 is 1.26 bits per heavy atom. The van der Waals surface area contributed by atoms with E-state index in [4.69, 9.17) is 4.74 Å². The summed E-state index contributed by atoms with van der Waals surface area (Å²) in [6.45, 7) is 5.55. The van der Waals surface area contributed by atoms with Crippen LogP contribution in [-0.4, -0.2) is 34.7 Å². The predicted molar refractivity (Wildman–Crippen MR) is 103 cm³/mol. The molecule has 0 saturated carbocycles. The van der Waals surface area contributed by atoms with Crippen LogP contribution in [0, 0.1) is 6.92 Å². The number of hydrogen-bond acceptors (Lipinski definition) is 4. The summed E-state index contributed by atoms with van der Waals surface area (Å²) in [7, 11) is 0. The monoisotopic (exact) mass is 364 g/mol.